The summed E-state index contributed by atoms with van der Waals surface area (Å²) >= 11 is 3.51. The molecule has 2 aromatic rings. The smallest absolute Gasteiger partial charge is 0.246 e. The van der Waals surface area contributed by atoms with E-state index >= 15 is 0 Å². The summed E-state index contributed by atoms with van der Waals surface area (Å²) in [6.07, 6.45) is 0. The molecule has 3 nitrogen and oxygen atoms in total. The lowest BCUT2D eigenvalue weighted by Crippen LogP contribution is -2.41. The number of nitrogens with zero attached hydrogens (tertiary/aromatic N) is 2. The predicted molar refractivity (Wildman–Crippen MR) is 85.7 cm³/mol. The number of carbonyl (C=O) groups excluding carboxylic acids is 1. The summed E-state index contributed by atoms with van der Waals surface area (Å²) in [5.41, 5.74) is 4.23. The highest BCUT2D eigenvalue weighted by molar-refractivity contribution is 9.10. The number of para-hydroxylation sites is 1. The van der Waals surface area contributed by atoms with Crippen molar-refractivity contribution < 1.29 is 4.79 Å². The normalized spacial score (nSPS) is 14.4. The molecule has 0 radical (unpaired) electrons. The van der Waals surface area contributed by atoms with Crippen molar-refractivity contribution in [1.82, 2.24) is 0 Å². The fourth-order valence-electron chi connectivity index (χ4n) is 2.54. The van der Waals surface area contributed by atoms with Gasteiger partial charge in [0, 0.05) is 17.2 Å². The molecule has 0 fully saturated rings. The summed E-state index contributed by atoms with van der Waals surface area (Å²) in [5, 5.41) is 0. The lowest BCUT2D eigenvalue weighted by atomic mass is 10.1. The molecule has 0 N–H and O–H groups in total. The van der Waals surface area contributed by atoms with Crippen LogP contribution < -0.4 is 9.80 Å². The highest BCUT2D eigenvalue weighted by Gasteiger charge is 2.28. The number of likely N-dealkylation sites (N-methyl/N-ethyl adjacent to an activating group) is 1. The van der Waals surface area contributed by atoms with Gasteiger partial charge in [0.25, 0.3) is 0 Å². The van der Waals surface area contributed by atoms with Gasteiger partial charge in [0.1, 0.15) is 6.54 Å². The van der Waals surface area contributed by atoms with Gasteiger partial charge in [-0.3, -0.25) is 4.79 Å². The van der Waals surface area contributed by atoms with Crippen molar-refractivity contribution in [3.05, 3.63) is 52.5 Å². The Morgan fingerprint density at radius 3 is 2.55 bits per heavy atom. The van der Waals surface area contributed by atoms with Crippen molar-refractivity contribution in [3.63, 3.8) is 0 Å². The summed E-state index contributed by atoms with van der Waals surface area (Å²) in [7, 11) is 1.82. The number of halogens is 1. The minimum Gasteiger partial charge on any atom is -0.330 e. The maximum absolute atomic E-state index is 12.2. The first-order valence-corrected chi connectivity index (χ1v) is 7.26. The molecule has 4 heteroatoms. The van der Waals surface area contributed by atoms with Crippen molar-refractivity contribution in [2.75, 3.05) is 23.4 Å². The van der Waals surface area contributed by atoms with Gasteiger partial charge in [0.2, 0.25) is 5.91 Å². The Morgan fingerprint density at radius 1 is 1.05 bits per heavy atom. The summed E-state index contributed by atoms with van der Waals surface area (Å²) in [6, 6.07) is 14.1. The van der Waals surface area contributed by atoms with Crippen molar-refractivity contribution in [2.45, 2.75) is 6.92 Å². The highest BCUT2D eigenvalue weighted by atomic mass is 79.9. The van der Waals surface area contributed by atoms with Crippen molar-refractivity contribution in [2.24, 2.45) is 0 Å². The molecule has 0 saturated heterocycles. The summed E-state index contributed by atoms with van der Waals surface area (Å²) in [5.74, 6) is 0.100. The van der Waals surface area contributed by atoms with Gasteiger partial charge >= 0.3 is 0 Å². The third-order valence-corrected chi connectivity index (χ3v) is 4.16. The number of amides is 1. The van der Waals surface area contributed by atoms with Crippen LogP contribution in [0.2, 0.25) is 0 Å². The zero-order valence-corrected chi connectivity index (χ0v) is 13.0. The largest absolute Gasteiger partial charge is 0.330 e. The summed E-state index contributed by atoms with van der Waals surface area (Å²) < 4.78 is 1.01. The second-order valence-corrected chi connectivity index (χ2v) is 5.87. The quantitative estimate of drug-likeness (QED) is 0.792. The van der Waals surface area contributed by atoms with Crippen LogP contribution in [0, 0.1) is 6.92 Å². The molecule has 0 saturated carbocycles. The van der Waals surface area contributed by atoms with E-state index in [9.17, 15) is 4.79 Å². The van der Waals surface area contributed by atoms with Crippen LogP contribution in [-0.4, -0.2) is 19.5 Å². The molecule has 1 amide bonds. The fourth-order valence-corrected chi connectivity index (χ4v) is 2.89. The number of hydrogen-bond acceptors (Lipinski definition) is 2. The molecule has 0 bridgehead atoms. The van der Waals surface area contributed by atoms with Gasteiger partial charge in [0.15, 0.2) is 0 Å². The van der Waals surface area contributed by atoms with E-state index in [1.54, 1.807) is 4.90 Å². The Bertz CT molecular complexity index is 684. The van der Waals surface area contributed by atoms with Crippen LogP contribution in [0.25, 0.3) is 0 Å². The first-order chi connectivity index (χ1) is 9.58. The standard InChI is InChI=1S/C16H15BrN2O/c1-11-5-3-4-6-13(11)19-10-16(20)18(2)14-8-7-12(17)9-15(14)19/h3-9H,10H2,1-2H3. The zero-order chi connectivity index (χ0) is 14.3. The van der Waals surface area contributed by atoms with Crippen LogP contribution in [0.4, 0.5) is 17.1 Å². The van der Waals surface area contributed by atoms with Gasteiger partial charge in [0.05, 0.1) is 11.4 Å². The van der Waals surface area contributed by atoms with Crippen molar-refractivity contribution in [3.8, 4) is 0 Å². The van der Waals surface area contributed by atoms with E-state index in [1.165, 1.54) is 0 Å². The van der Waals surface area contributed by atoms with Crippen LogP contribution in [0.1, 0.15) is 5.56 Å². The number of aryl methyl sites for hydroxylation is 1. The number of hydrogen-bond donors (Lipinski definition) is 0. The first kappa shape index (κ1) is 13.2. The minimum atomic E-state index is 0.100. The van der Waals surface area contributed by atoms with E-state index in [4.69, 9.17) is 0 Å². The Hall–Kier alpha value is -1.81. The van der Waals surface area contributed by atoms with E-state index in [-0.39, 0.29) is 5.91 Å². The molecule has 0 aromatic heterocycles. The Labute approximate surface area is 126 Å². The maximum atomic E-state index is 12.2. The zero-order valence-electron chi connectivity index (χ0n) is 11.4. The Kier molecular flexibility index (Phi) is 3.26. The van der Waals surface area contributed by atoms with Crippen LogP contribution in [-0.2, 0) is 4.79 Å². The molecule has 0 unspecified atom stereocenters. The average molecular weight is 331 g/mol. The first-order valence-electron chi connectivity index (χ1n) is 6.47. The third-order valence-electron chi connectivity index (χ3n) is 3.66. The van der Waals surface area contributed by atoms with Gasteiger partial charge in [-0.2, -0.15) is 0 Å². The molecule has 3 rings (SSSR count). The Morgan fingerprint density at radius 2 is 1.80 bits per heavy atom. The molecule has 2 aromatic carbocycles. The molecular formula is C16H15BrN2O. The number of benzene rings is 2. The van der Waals surface area contributed by atoms with E-state index in [1.807, 2.05) is 31.3 Å². The van der Waals surface area contributed by atoms with Gasteiger partial charge in [-0.1, -0.05) is 34.1 Å². The van der Waals surface area contributed by atoms with E-state index in [0.717, 1.165) is 27.1 Å². The number of fused-ring (bicyclic) bond motifs is 1. The van der Waals surface area contributed by atoms with Crippen LogP contribution >= 0.6 is 15.9 Å². The maximum Gasteiger partial charge on any atom is 0.246 e. The van der Waals surface area contributed by atoms with Gasteiger partial charge in [-0.15, -0.1) is 0 Å². The topological polar surface area (TPSA) is 23.6 Å². The SMILES string of the molecule is Cc1ccccc1N1CC(=O)N(C)c2ccc(Br)cc21. The van der Waals surface area contributed by atoms with Crippen LogP contribution in [0.3, 0.4) is 0 Å². The highest BCUT2D eigenvalue weighted by Crippen LogP contribution is 2.40. The molecule has 1 aliphatic rings. The lowest BCUT2D eigenvalue weighted by molar-refractivity contribution is -0.117. The molecule has 1 heterocycles. The molecule has 0 aliphatic carbocycles. The Balaban J connectivity index is 2.19. The number of anilines is 3. The van der Waals surface area contributed by atoms with E-state index in [0.29, 0.717) is 6.54 Å². The molecule has 1 aliphatic heterocycles. The van der Waals surface area contributed by atoms with E-state index < -0.39 is 0 Å². The molecular weight excluding hydrogens is 316 g/mol. The number of rotatable bonds is 1. The third kappa shape index (κ3) is 2.10. The fraction of sp³-hybridized carbons (Fsp3) is 0.188. The molecule has 0 atom stereocenters. The predicted octanol–water partition coefficient (Wildman–Crippen LogP) is 3.87. The molecule has 102 valence electrons. The molecule has 20 heavy (non-hydrogen) atoms. The minimum absolute atomic E-state index is 0.100. The monoisotopic (exact) mass is 330 g/mol. The van der Waals surface area contributed by atoms with Gasteiger partial charge in [-0.25, -0.2) is 0 Å². The van der Waals surface area contributed by atoms with Gasteiger partial charge < -0.3 is 9.80 Å². The average Bonchev–Trinajstić information content (AvgIpc) is 2.43. The lowest BCUT2D eigenvalue weighted by Gasteiger charge is -2.36. The van der Waals surface area contributed by atoms with Crippen LogP contribution in [0.15, 0.2) is 46.9 Å². The number of carbonyl (C=O) groups is 1. The van der Waals surface area contributed by atoms with E-state index in [2.05, 4.69) is 46.0 Å². The summed E-state index contributed by atoms with van der Waals surface area (Å²) in [4.78, 5) is 16.0. The van der Waals surface area contributed by atoms with Crippen molar-refractivity contribution in [1.29, 1.82) is 0 Å². The van der Waals surface area contributed by atoms with Gasteiger partial charge in [-0.05, 0) is 36.8 Å². The summed E-state index contributed by atoms with van der Waals surface area (Å²) in [6.45, 7) is 2.43. The second-order valence-electron chi connectivity index (χ2n) is 4.96. The van der Waals surface area contributed by atoms with Crippen LogP contribution in [0.5, 0.6) is 0 Å². The second kappa shape index (κ2) is 4.94. The van der Waals surface area contributed by atoms with Crippen molar-refractivity contribution >= 4 is 38.9 Å². The molecule has 0 spiro atoms.